The molecular formula is C10H9NO4. The van der Waals surface area contributed by atoms with E-state index < -0.39 is 17.9 Å². The number of carboxylic acid groups (broad SMARTS) is 1. The fourth-order valence-electron chi connectivity index (χ4n) is 1.83. The number of carboxylic acids is 1. The number of hydrogen-bond donors (Lipinski definition) is 1. The molecule has 2 aliphatic heterocycles. The van der Waals surface area contributed by atoms with Crippen molar-refractivity contribution in [1.29, 1.82) is 0 Å². The molecule has 0 unspecified atom stereocenters. The smallest absolute Gasteiger partial charge is 0.330 e. The number of fused-ring (bicyclic) bond motifs is 1. The van der Waals surface area contributed by atoms with Gasteiger partial charge in [-0.1, -0.05) is 0 Å². The molecule has 1 N–H and O–H groups in total. The third kappa shape index (κ3) is 1.36. The lowest BCUT2D eigenvalue weighted by atomic mass is 10.1. The Morgan fingerprint density at radius 2 is 2.20 bits per heavy atom. The minimum absolute atomic E-state index is 0.242. The zero-order valence-corrected chi connectivity index (χ0v) is 8.06. The van der Waals surface area contributed by atoms with Gasteiger partial charge in [0.05, 0.1) is 12.1 Å². The molecule has 5 nitrogen and oxygen atoms in total. The number of allylic oxidation sites excluding steroid dienone is 2. The molecule has 0 aliphatic carbocycles. The summed E-state index contributed by atoms with van der Waals surface area (Å²) in [4.78, 5) is 34.7. The van der Waals surface area contributed by atoms with Gasteiger partial charge in [-0.25, -0.2) is 4.79 Å². The predicted molar refractivity (Wildman–Crippen MR) is 49.7 cm³/mol. The molecule has 0 fully saturated rings. The second-order valence-electron chi connectivity index (χ2n) is 3.57. The molecule has 2 heterocycles. The Kier molecular flexibility index (Phi) is 1.96. The molecule has 0 aromatic carbocycles. The number of carbonyl (C=O) groups is 3. The van der Waals surface area contributed by atoms with Crippen LogP contribution in [0.2, 0.25) is 0 Å². The number of rotatable bonds is 1. The monoisotopic (exact) mass is 207 g/mol. The first kappa shape index (κ1) is 9.64. The Labute approximate surface area is 85.7 Å². The molecule has 0 saturated carbocycles. The summed E-state index contributed by atoms with van der Waals surface area (Å²) < 4.78 is 0. The highest BCUT2D eigenvalue weighted by atomic mass is 16.4. The molecule has 0 saturated heterocycles. The standard InChI is InChI=1S/C10H9NO4/c1-5-2-8(10(14)15)11-7(5)3-6(12)4-9(11)13/h2-3,8H,4H2,1H3,(H,14,15)/t8-/m0/s1. The maximum atomic E-state index is 11.5. The van der Waals surface area contributed by atoms with E-state index in [1.165, 1.54) is 17.1 Å². The summed E-state index contributed by atoms with van der Waals surface area (Å²) in [7, 11) is 0. The second kappa shape index (κ2) is 3.05. The van der Waals surface area contributed by atoms with Gasteiger partial charge >= 0.3 is 5.97 Å². The van der Waals surface area contributed by atoms with Crippen LogP contribution in [0, 0.1) is 0 Å². The first-order valence-electron chi connectivity index (χ1n) is 4.49. The van der Waals surface area contributed by atoms with Crippen molar-refractivity contribution in [3.63, 3.8) is 0 Å². The quantitative estimate of drug-likeness (QED) is 0.618. The molecule has 15 heavy (non-hydrogen) atoms. The highest BCUT2D eigenvalue weighted by Gasteiger charge is 2.39. The summed E-state index contributed by atoms with van der Waals surface area (Å²) in [6.07, 6.45) is 2.56. The number of amides is 1. The van der Waals surface area contributed by atoms with Crippen LogP contribution in [0.15, 0.2) is 23.4 Å². The van der Waals surface area contributed by atoms with Crippen LogP contribution >= 0.6 is 0 Å². The number of aliphatic carboxylic acids is 1. The number of nitrogens with zero attached hydrogens (tertiary/aromatic N) is 1. The summed E-state index contributed by atoms with van der Waals surface area (Å²) in [5.74, 6) is -1.80. The largest absolute Gasteiger partial charge is 0.479 e. The molecule has 2 aliphatic rings. The van der Waals surface area contributed by atoms with Gasteiger partial charge in [-0.15, -0.1) is 0 Å². The van der Waals surface area contributed by atoms with Crippen molar-refractivity contribution in [3.8, 4) is 0 Å². The van der Waals surface area contributed by atoms with E-state index in [1.54, 1.807) is 6.92 Å². The van der Waals surface area contributed by atoms with Crippen LogP contribution in [0.1, 0.15) is 13.3 Å². The minimum atomic E-state index is -1.08. The molecule has 2 rings (SSSR count). The van der Waals surface area contributed by atoms with E-state index in [0.717, 1.165) is 0 Å². The van der Waals surface area contributed by atoms with Crippen molar-refractivity contribution in [1.82, 2.24) is 4.90 Å². The number of ketones is 1. The summed E-state index contributed by atoms with van der Waals surface area (Å²) in [6, 6.07) is -0.961. The summed E-state index contributed by atoms with van der Waals surface area (Å²) in [5, 5.41) is 8.90. The van der Waals surface area contributed by atoms with Crippen LogP contribution < -0.4 is 0 Å². The minimum Gasteiger partial charge on any atom is -0.479 e. The van der Waals surface area contributed by atoms with Gasteiger partial charge in [-0.2, -0.15) is 0 Å². The van der Waals surface area contributed by atoms with Gasteiger partial charge in [0, 0.05) is 6.08 Å². The van der Waals surface area contributed by atoms with Crippen molar-refractivity contribution >= 4 is 17.7 Å². The van der Waals surface area contributed by atoms with Gasteiger partial charge in [-0.05, 0) is 18.6 Å². The van der Waals surface area contributed by atoms with Gasteiger partial charge in [0.25, 0.3) is 0 Å². The maximum absolute atomic E-state index is 11.5. The topological polar surface area (TPSA) is 74.7 Å². The van der Waals surface area contributed by atoms with Crippen LogP contribution in [0.5, 0.6) is 0 Å². The van der Waals surface area contributed by atoms with E-state index in [4.69, 9.17) is 5.11 Å². The molecule has 5 heteroatoms. The van der Waals surface area contributed by atoms with E-state index in [2.05, 4.69) is 0 Å². The van der Waals surface area contributed by atoms with Crippen LogP contribution in [0.3, 0.4) is 0 Å². The molecule has 0 radical (unpaired) electrons. The number of hydrogen-bond acceptors (Lipinski definition) is 3. The van der Waals surface area contributed by atoms with Crippen molar-refractivity contribution in [2.75, 3.05) is 0 Å². The Hall–Kier alpha value is -1.91. The third-order valence-corrected chi connectivity index (χ3v) is 2.49. The van der Waals surface area contributed by atoms with Gasteiger partial charge < -0.3 is 5.11 Å². The summed E-state index contributed by atoms with van der Waals surface area (Å²) in [5.41, 5.74) is 1.08. The van der Waals surface area contributed by atoms with Crippen LogP contribution in [-0.4, -0.2) is 33.7 Å². The van der Waals surface area contributed by atoms with Gasteiger partial charge in [0.15, 0.2) is 11.8 Å². The van der Waals surface area contributed by atoms with Crippen molar-refractivity contribution in [3.05, 3.63) is 23.4 Å². The lowest BCUT2D eigenvalue weighted by Gasteiger charge is -2.26. The highest BCUT2D eigenvalue weighted by Crippen LogP contribution is 2.30. The first-order chi connectivity index (χ1) is 7.00. The van der Waals surface area contributed by atoms with E-state index in [1.807, 2.05) is 0 Å². The summed E-state index contributed by atoms with van der Waals surface area (Å²) in [6.45, 7) is 1.69. The molecule has 0 spiro atoms. The molecular weight excluding hydrogens is 198 g/mol. The maximum Gasteiger partial charge on any atom is 0.330 e. The lowest BCUT2D eigenvalue weighted by Crippen LogP contribution is -2.42. The van der Waals surface area contributed by atoms with Crippen LogP contribution in [0.4, 0.5) is 0 Å². The molecule has 0 bridgehead atoms. The van der Waals surface area contributed by atoms with E-state index in [-0.39, 0.29) is 12.2 Å². The van der Waals surface area contributed by atoms with Crippen molar-refractivity contribution < 1.29 is 19.5 Å². The second-order valence-corrected chi connectivity index (χ2v) is 3.57. The van der Waals surface area contributed by atoms with Gasteiger partial charge in [-0.3, -0.25) is 14.5 Å². The van der Waals surface area contributed by atoms with Gasteiger partial charge in [0.1, 0.15) is 0 Å². The van der Waals surface area contributed by atoms with Crippen LogP contribution in [0.25, 0.3) is 0 Å². The normalized spacial score (nSPS) is 24.9. The predicted octanol–water partition coefficient (Wildman–Crippen LogP) is 0.0848. The Balaban J connectivity index is 2.47. The van der Waals surface area contributed by atoms with E-state index in [9.17, 15) is 14.4 Å². The number of carbonyl (C=O) groups excluding carboxylic acids is 2. The SMILES string of the molecule is CC1=C[C@@H](C(=O)O)N2C(=O)CC(=O)C=C12. The average molecular weight is 207 g/mol. The van der Waals surface area contributed by atoms with Crippen LogP contribution in [-0.2, 0) is 14.4 Å². The molecule has 78 valence electrons. The van der Waals surface area contributed by atoms with Crippen molar-refractivity contribution in [2.45, 2.75) is 19.4 Å². The average Bonchev–Trinajstić information content (AvgIpc) is 2.44. The van der Waals surface area contributed by atoms with E-state index >= 15 is 0 Å². The molecule has 1 amide bonds. The Morgan fingerprint density at radius 3 is 2.80 bits per heavy atom. The van der Waals surface area contributed by atoms with Gasteiger partial charge in [0.2, 0.25) is 5.91 Å². The molecule has 1 atom stereocenters. The Morgan fingerprint density at radius 1 is 1.53 bits per heavy atom. The summed E-state index contributed by atoms with van der Waals surface area (Å²) >= 11 is 0. The fourth-order valence-corrected chi connectivity index (χ4v) is 1.83. The third-order valence-electron chi connectivity index (χ3n) is 2.49. The first-order valence-corrected chi connectivity index (χ1v) is 4.49. The molecule has 0 aromatic rings. The zero-order chi connectivity index (χ0) is 11.2. The Bertz CT molecular complexity index is 433. The fraction of sp³-hybridized carbons (Fsp3) is 0.300. The van der Waals surface area contributed by atoms with E-state index in [0.29, 0.717) is 11.3 Å². The van der Waals surface area contributed by atoms with Crippen molar-refractivity contribution in [2.24, 2.45) is 0 Å². The zero-order valence-electron chi connectivity index (χ0n) is 8.06. The lowest BCUT2D eigenvalue weighted by molar-refractivity contribution is -0.147. The highest BCUT2D eigenvalue weighted by molar-refractivity contribution is 6.09. The molecule has 0 aromatic heterocycles.